The second kappa shape index (κ2) is 12.3. The van der Waals surface area contributed by atoms with Gasteiger partial charge in [-0.15, -0.1) is 0 Å². The topological polar surface area (TPSA) is 116 Å². The lowest BCUT2D eigenvalue weighted by atomic mass is 9.89. The van der Waals surface area contributed by atoms with E-state index < -0.39 is 5.54 Å². The van der Waals surface area contributed by atoms with Crippen LogP contribution in [0.5, 0.6) is 5.75 Å². The van der Waals surface area contributed by atoms with Crippen molar-refractivity contribution in [3.8, 4) is 5.75 Å². The van der Waals surface area contributed by atoms with Gasteiger partial charge >= 0.3 is 0 Å². The summed E-state index contributed by atoms with van der Waals surface area (Å²) in [6.45, 7) is 2.91. The van der Waals surface area contributed by atoms with Gasteiger partial charge in [0.25, 0.3) is 0 Å². The van der Waals surface area contributed by atoms with Gasteiger partial charge in [-0.3, -0.25) is 9.59 Å². The minimum atomic E-state index is -0.581. The fraction of sp³-hybridized carbons (Fsp3) is 0.583. The van der Waals surface area contributed by atoms with Gasteiger partial charge in [-0.2, -0.15) is 4.98 Å². The third-order valence-electron chi connectivity index (χ3n) is 5.78. The molecule has 0 spiro atoms. The van der Waals surface area contributed by atoms with Gasteiger partial charge in [0.1, 0.15) is 17.9 Å². The molecule has 1 aliphatic carbocycles. The maximum atomic E-state index is 12.3. The van der Waals surface area contributed by atoms with Crippen LogP contribution < -0.4 is 15.4 Å². The molecule has 33 heavy (non-hydrogen) atoms. The predicted octanol–water partition coefficient (Wildman–Crippen LogP) is 3.03. The second-order valence-corrected chi connectivity index (χ2v) is 8.45. The number of aryl methyl sites for hydroxylation is 1. The van der Waals surface area contributed by atoms with Crippen molar-refractivity contribution >= 4 is 11.8 Å². The molecule has 3 rings (SSSR count). The molecule has 9 nitrogen and oxygen atoms in total. The Balaban J connectivity index is 1.51. The van der Waals surface area contributed by atoms with E-state index in [1.807, 2.05) is 24.3 Å². The molecule has 2 N–H and O–H groups in total. The van der Waals surface area contributed by atoms with Crippen LogP contribution in [-0.4, -0.2) is 42.3 Å². The molecule has 1 aromatic heterocycles. The van der Waals surface area contributed by atoms with Crippen molar-refractivity contribution in [2.24, 2.45) is 0 Å². The number of carbonyl (C=O) groups excluding carboxylic acids is 2. The predicted molar refractivity (Wildman–Crippen MR) is 121 cm³/mol. The van der Waals surface area contributed by atoms with Crippen LogP contribution in [0.25, 0.3) is 0 Å². The molecule has 180 valence electrons. The molecule has 0 saturated heterocycles. The molecule has 0 unspecified atom stereocenters. The minimum absolute atomic E-state index is 0.101. The number of aromatic nitrogens is 2. The van der Waals surface area contributed by atoms with Gasteiger partial charge in [-0.05, 0) is 30.5 Å². The van der Waals surface area contributed by atoms with Crippen molar-refractivity contribution in [3.63, 3.8) is 0 Å². The molecule has 0 atom stereocenters. The Morgan fingerprint density at radius 1 is 1.15 bits per heavy atom. The number of methoxy groups -OCH3 is 1. The van der Waals surface area contributed by atoms with E-state index in [-0.39, 0.29) is 18.2 Å². The second-order valence-electron chi connectivity index (χ2n) is 8.45. The van der Waals surface area contributed by atoms with Crippen LogP contribution in [0, 0.1) is 0 Å². The Morgan fingerprint density at radius 2 is 1.94 bits per heavy atom. The number of rotatable bonds is 11. The van der Waals surface area contributed by atoms with E-state index in [9.17, 15) is 9.59 Å². The van der Waals surface area contributed by atoms with Gasteiger partial charge in [0.05, 0.1) is 6.61 Å². The normalized spacial score (nSPS) is 15.5. The quantitative estimate of drug-likeness (QED) is 0.393. The van der Waals surface area contributed by atoms with Crippen molar-refractivity contribution < 1.29 is 23.6 Å². The molecule has 0 bridgehead atoms. The van der Waals surface area contributed by atoms with Gasteiger partial charge in [-0.1, -0.05) is 43.0 Å². The van der Waals surface area contributed by atoms with E-state index in [0.717, 1.165) is 49.8 Å². The summed E-state index contributed by atoms with van der Waals surface area (Å²) in [6.07, 6.45) is 6.44. The highest BCUT2D eigenvalue weighted by atomic mass is 16.5. The smallest absolute Gasteiger partial charge is 0.227 e. The SMILES string of the molecule is COCCOc1cccc(CNC(=O)CCc2nc(C3(NC(C)=O)CCCCCC3)no2)c1. The Kier molecular flexibility index (Phi) is 9.24. The van der Waals surface area contributed by atoms with Gasteiger partial charge in [0, 0.05) is 33.4 Å². The van der Waals surface area contributed by atoms with Gasteiger partial charge in [-0.25, -0.2) is 0 Å². The van der Waals surface area contributed by atoms with Crippen LogP contribution >= 0.6 is 0 Å². The summed E-state index contributed by atoms with van der Waals surface area (Å²) < 4.78 is 16.0. The zero-order valence-corrected chi connectivity index (χ0v) is 19.5. The molecule has 2 amide bonds. The largest absolute Gasteiger partial charge is 0.491 e. The van der Waals surface area contributed by atoms with Crippen LogP contribution in [-0.2, 0) is 32.8 Å². The summed E-state index contributed by atoms with van der Waals surface area (Å²) >= 11 is 0. The van der Waals surface area contributed by atoms with E-state index in [4.69, 9.17) is 14.0 Å². The summed E-state index contributed by atoms with van der Waals surface area (Å²) in [7, 11) is 1.63. The molecular formula is C24H34N4O5. The summed E-state index contributed by atoms with van der Waals surface area (Å²) in [5.74, 6) is 1.45. The van der Waals surface area contributed by atoms with E-state index in [1.54, 1.807) is 7.11 Å². The molecule has 0 aliphatic heterocycles. The zero-order valence-electron chi connectivity index (χ0n) is 19.5. The van der Waals surface area contributed by atoms with Crippen LogP contribution in [0.2, 0.25) is 0 Å². The molecule has 1 heterocycles. The van der Waals surface area contributed by atoms with Gasteiger partial charge in [0.15, 0.2) is 5.82 Å². The molecule has 2 aromatic rings. The molecule has 1 aromatic carbocycles. The number of nitrogens with one attached hydrogen (secondary N) is 2. The molecule has 1 saturated carbocycles. The fourth-order valence-electron chi connectivity index (χ4n) is 4.12. The average Bonchev–Trinajstić information content (AvgIpc) is 3.16. The van der Waals surface area contributed by atoms with Crippen molar-refractivity contribution in [2.45, 2.75) is 70.4 Å². The van der Waals surface area contributed by atoms with Crippen LogP contribution in [0.4, 0.5) is 0 Å². The van der Waals surface area contributed by atoms with E-state index >= 15 is 0 Å². The number of nitrogens with zero attached hydrogens (tertiary/aromatic N) is 2. The molecule has 1 aliphatic rings. The molecular weight excluding hydrogens is 424 g/mol. The zero-order chi connectivity index (χ0) is 23.5. The van der Waals surface area contributed by atoms with Crippen molar-refractivity contribution in [3.05, 3.63) is 41.5 Å². The maximum Gasteiger partial charge on any atom is 0.227 e. The number of amides is 2. The standard InChI is InChI=1S/C24H34N4O5/c1-18(29)27-24(12-5-3-4-6-13-24)23-26-22(33-28-23)11-10-21(30)25-17-19-8-7-9-20(16-19)32-15-14-31-2/h7-9,16H,3-6,10-15,17H2,1-2H3,(H,25,30)(H,27,29). The van der Waals surface area contributed by atoms with E-state index in [1.165, 1.54) is 6.92 Å². The highest BCUT2D eigenvalue weighted by molar-refractivity contribution is 5.76. The first-order chi connectivity index (χ1) is 16.0. The van der Waals surface area contributed by atoms with Crippen LogP contribution in [0.1, 0.15) is 69.1 Å². The number of benzene rings is 1. The number of carbonyl (C=O) groups is 2. The first-order valence-electron chi connectivity index (χ1n) is 11.6. The Morgan fingerprint density at radius 3 is 2.67 bits per heavy atom. The maximum absolute atomic E-state index is 12.3. The first-order valence-corrected chi connectivity index (χ1v) is 11.6. The highest BCUT2D eigenvalue weighted by Crippen LogP contribution is 2.34. The highest BCUT2D eigenvalue weighted by Gasteiger charge is 2.38. The van der Waals surface area contributed by atoms with Gasteiger partial charge < -0.3 is 24.6 Å². The lowest BCUT2D eigenvalue weighted by molar-refractivity contribution is -0.122. The third kappa shape index (κ3) is 7.56. The molecule has 1 fully saturated rings. The molecule has 9 heteroatoms. The van der Waals surface area contributed by atoms with Gasteiger partial charge in [0.2, 0.25) is 17.7 Å². The summed E-state index contributed by atoms with van der Waals surface area (Å²) in [6, 6.07) is 7.59. The number of ether oxygens (including phenoxy) is 2. The lowest BCUT2D eigenvalue weighted by Gasteiger charge is -2.30. The summed E-state index contributed by atoms with van der Waals surface area (Å²) in [5.41, 5.74) is 0.367. The number of hydrogen-bond donors (Lipinski definition) is 2. The summed E-state index contributed by atoms with van der Waals surface area (Å²) in [4.78, 5) is 28.7. The van der Waals surface area contributed by atoms with Crippen molar-refractivity contribution in [1.82, 2.24) is 20.8 Å². The average molecular weight is 459 g/mol. The monoisotopic (exact) mass is 458 g/mol. The van der Waals surface area contributed by atoms with E-state index in [0.29, 0.717) is 37.9 Å². The van der Waals surface area contributed by atoms with Crippen molar-refractivity contribution in [2.75, 3.05) is 20.3 Å². The summed E-state index contributed by atoms with van der Waals surface area (Å²) in [5, 5.41) is 10.1. The first kappa shape index (κ1) is 24.7. The Bertz CT molecular complexity index is 906. The molecule has 0 radical (unpaired) electrons. The minimum Gasteiger partial charge on any atom is -0.491 e. The lowest BCUT2D eigenvalue weighted by Crippen LogP contribution is -2.45. The van der Waals surface area contributed by atoms with Crippen LogP contribution in [0.3, 0.4) is 0 Å². The number of hydrogen-bond acceptors (Lipinski definition) is 7. The Hall–Kier alpha value is -2.94. The van der Waals surface area contributed by atoms with Crippen LogP contribution in [0.15, 0.2) is 28.8 Å². The van der Waals surface area contributed by atoms with Crippen molar-refractivity contribution in [1.29, 1.82) is 0 Å². The third-order valence-corrected chi connectivity index (χ3v) is 5.78. The Labute approximate surface area is 194 Å². The van der Waals surface area contributed by atoms with E-state index in [2.05, 4.69) is 20.8 Å². The fourth-order valence-corrected chi connectivity index (χ4v) is 4.12.